The maximum absolute atomic E-state index is 5.69. The minimum atomic E-state index is 0.417. The number of rotatable bonds is 5. The molecule has 2 aromatic rings. The second-order valence-electron chi connectivity index (χ2n) is 3.92. The van der Waals surface area contributed by atoms with Gasteiger partial charge in [-0.25, -0.2) is 4.98 Å². The Morgan fingerprint density at radius 2 is 2.35 bits per heavy atom. The van der Waals surface area contributed by atoms with Gasteiger partial charge in [-0.15, -0.1) is 0 Å². The van der Waals surface area contributed by atoms with Crippen molar-refractivity contribution >= 4 is 28.5 Å². The SMILES string of the molecule is COCCC(C)Sc1nc2ccc(N)cc2o1. The number of nitrogens with two attached hydrogens (primary N) is 1. The number of fused-ring (bicyclic) bond motifs is 1. The van der Waals surface area contributed by atoms with Crippen LogP contribution < -0.4 is 5.73 Å². The van der Waals surface area contributed by atoms with Gasteiger partial charge in [0.15, 0.2) is 5.58 Å². The minimum Gasteiger partial charge on any atom is -0.431 e. The van der Waals surface area contributed by atoms with Crippen LogP contribution in [-0.4, -0.2) is 24.0 Å². The molecule has 4 nitrogen and oxygen atoms in total. The zero-order valence-electron chi connectivity index (χ0n) is 9.97. The van der Waals surface area contributed by atoms with E-state index in [9.17, 15) is 0 Å². The summed E-state index contributed by atoms with van der Waals surface area (Å²) in [5.41, 5.74) is 7.97. The lowest BCUT2D eigenvalue weighted by atomic mass is 10.3. The largest absolute Gasteiger partial charge is 0.431 e. The van der Waals surface area contributed by atoms with Gasteiger partial charge in [0.05, 0.1) is 0 Å². The van der Waals surface area contributed by atoms with Crippen LogP contribution >= 0.6 is 11.8 Å². The highest BCUT2D eigenvalue weighted by atomic mass is 32.2. The second kappa shape index (κ2) is 5.42. The number of anilines is 1. The highest BCUT2D eigenvalue weighted by molar-refractivity contribution is 7.99. The van der Waals surface area contributed by atoms with E-state index in [2.05, 4.69) is 11.9 Å². The molecule has 0 aliphatic carbocycles. The quantitative estimate of drug-likeness (QED) is 0.655. The van der Waals surface area contributed by atoms with Crippen LogP contribution in [-0.2, 0) is 4.74 Å². The number of thioether (sulfide) groups is 1. The number of aromatic nitrogens is 1. The lowest BCUT2D eigenvalue weighted by Gasteiger charge is -2.06. The summed E-state index contributed by atoms with van der Waals surface area (Å²) < 4.78 is 10.7. The normalized spacial score (nSPS) is 13.1. The third-order valence-corrected chi connectivity index (χ3v) is 3.44. The van der Waals surface area contributed by atoms with Gasteiger partial charge in [-0.1, -0.05) is 18.7 Å². The Morgan fingerprint density at radius 3 is 3.12 bits per heavy atom. The Bertz CT molecular complexity index is 498. The van der Waals surface area contributed by atoms with Crippen LogP contribution in [0.2, 0.25) is 0 Å². The van der Waals surface area contributed by atoms with Crippen molar-refractivity contribution in [1.82, 2.24) is 4.98 Å². The second-order valence-corrected chi connectivity index (χ2v) is 5.31. The molecule has 2 N–H and O–H groups in total. The van der Waals surface area contributed by atoms with Gasteiger partial charge in [0.2, 0.25) is 0 Å². The van der Waals surface area contributed by atoms with Crippen molar-refractivity contribution in [1.29, 1.82) is 0 Å². The van der Waals surface area contributed by atoms with E-state index < -0.39 is 0 Å². The monoisotopic (exact) mass is 252 g/mol. The number of benzene rings is 1. The fraction of sp³-hybridized carbons (Fsp3) is 0.417. The third kappa shape index (κ3) is 3.14. The molecule has 0 saturated carbocycles. The highest BCUT2D eigenvalue weighted by Gasteiger charge is 2.11. The molecule has 1 atom stereocenters. The van der Waals surface area contributed by atoms with Gasteiger partial charge in [-0.3, -0.25) is 0 Å². The van der Waals surface area contributed by atoms with E-state index in [-0.39, 0.29) is 0 Å². The zero-order chi connectivity index (χ0) is 12.3. The summed E-state index contributed by atoms with van der Waals surface area (Å²) in [5, 5.41) is 1.11. The smallest absolute Gasteiger partial charge is 0.257 e. The molecular formula is C12H16N2O2S. The van der Waals surface area contributed by atoms with Crippen molar-refractivity contribution in [3.05, 3.63) is 18.2 Å². The van der Waals surface area contributed by atoms with Crippen LogP contribution in [0, 0.1) is 0 Å². The Morgan fingerprint density at radius 1 is 1.53 bits per heavy atom. The minimum absolute atomic E-state index is 0.417. The van der Waals surface area contributed by atoms with Crippen molar-refractivity contribution in [3.8, 4) is 0 Å². The summed E-state index contributed by atoms with van der Waals surface area (Å²) in [7, 11) is 1.71. The molecule has 0 aliphatic rings. The van der Waals surface area contributed by atoms with E-state index in [0.717, 1.165) is 24.1 Å². The number of oxazole rings is 1. The number of hydrogen-bond acceptors (Lipinski definition) is 5. The summed E-state index contributed by atoms with van der Waals surface area (Å²) in [4.78, 5) is 4.40. The van der Waals surface area contributed by atoms with Gasteiger partial charge in [-0.05, 0) is 18.6 Å². The number of methoxy groups -OCH3 is 1. The average Bonchev–Trinajstić information content (AvgIpc) is 2.67. The van der Waals surface area contributed by atoms with E-state index in [1.165, 1.54) is 0 Å². The van der Waals surface area contributed by atoms with E-state index in [4.69, 9.17) is 14.9 Å². The molecule has 1 aromatic heterocycles. The molecule has 2 rings (SSSR count). The summed E-state index contributed by atoms with van der Waals surface area (Å²) in [6.45, 7) is 2.88. The lowest BCUT2D eigenvalue weighted by Crippen LogP contribution is -2.00. The number of hydrogen-bond donors (Lipinski definition) is 1. The van der Waals surface area contributed by atoms with E-state index in [1.54, 1.807) is 24.9 Å². The number of nitrogen functional groups attached to an aromatic ring is 1. The van der Waals surface area contributed by atoms with Crippen LogP contribution in [0.15, 0.2) is 27.8 Å². The maximum atomic E-state index is 5.69. The topological polar surface area (TPSA) is 61.3 Å². The standard InChI is InChI=1S/C12H16N2O2S/c1-8(5-6-15-2)17-12-14-10-4-3-9(13)7-11(10)16-12/h3-4,7-8H,5-6,13H2,1-2H3. The molecule has 1 unspecified atom stereocenters. The van der Waals surface area contributed by atoms with E-state index in [0.29, 0.717) is 16.2 Å². The first kappa shape index (κ1) is 12.3. The molecule has 0 aliphatic heterocycles. The first-order valence-corrected chi connectivity index (χ1v) is 6.38. The van der Waals surface area contributed by atoms with Crippen molar-refractivity contribution in [2.24, 2.45) is 0 Å². The van der Waals surface area contributed by atoms with Crippen LogP contribution in [0.4, 0.5) is 5.69 Å². The van der Waals surface area contributed by atoms with Gasteiger partial charge >= 0.3 is 0 Å². The molecule has 17 heavy (non-hydrogen) atoms. The molecule has 0 bridgehead atoms. The molecule has 0 amide bonds. The van der Waals surface area contributed by atoms with Crippen LogP contribution in [0.5, 0.6) is 0 Å². The van der Waals surface area contributed by atoms with Crippen molar-refractivity contribution in [3.63, 3.8) is 0 Å². The summed E-state index contributed by atoms with van der Waals surface area (Å²) in [5.74, 6) is 0. The predicted molar refractivity (Wildman–Crippen MR) is 70.2 cm³/mol. The number of ether oxygens (including phenoxy) is 1. The lowest BCUT2D eigenvalue weighted by molar-refractivity contribution is 0.195. The Labute approximate surface area is 105 Å². The van der Waals surface area contributed by atoms with Gasteiger partial charge in [0, 0.05) is 30.7 Å². The van der Waals surface area contributed by atoms with Crippen LogP contribution in [0.1, 0.15) is 13.3 Å². The average molecular weight is 252 g/mol. The van der Waals surface area contributed by atoms with Gasteiger partial charge in [0.25, 0.3) is 5.22 Å². The molecule has 5 heteroatoms. The molecule has 1 aromatic carbocycles. The zero-order valence-corrected chi connectivity index (χ0v) is 10.8. The highest BCUT2D eigenvalue weighted by Crippen LogP contribution is 2.28. The van der Waals surface area contributed by atoms with Crippen LogP contribution in [0.3, 0.4) is 0 Å². The fourth-order valence-electron chi connectivity index (χ4n) is 1.49. The molecular weight excluding hydrogens is 236 g/mol. The van der Waals surface area contributed by atoms with Gasteiger partial charge < -0.3 is 14.9 Å². The van der Waals surface area contributed by atoms with Gasteiger partial charge in [0.1, 0.15) is 5.52 Å². The van der Waals surface area contributed by atoms with Crippen molar-refractivity contribution in [2.75, 3.05) is 19.5 Å². The molecule has 0 saturated heterocycles. The molecule has 0 radical (unpaired) electrons. The molecule has 0 fully saturated rings. The summed E-state index contributed by atoms with van der Waals surface area (Å²) in [6.07, 6.45) is 0.974. The van der Waals surface area contributed by atoms with Gasteiger partial charge in [-0.2, -0.15) is 0 Å². The Balaban J connectivity index is 2.08. The first-order chi connectivity index (χ1) is 8.19. The Hall–Kier alpha value is -1.20. The fourth-order valence-corrected chi connectivity index (χ4v) is 2.33. The summed E-state index contributed by atoms with van der Waals surface area (Å²) in [6, 6.07) is 5.50. The molecule has 0 spiro atoms. The van der Waals surface area contributed by atoms with E-state index in [1.807, 2.05) is 12.1 Å². The predicted octanol–water partition coefficient (Wildman–Crippen LogP) is 2.93. The Kier molecular flexibility index (Phi) is 3.91. The molecule has 92 valence electrons. The van der Waals surface area contributed by atoms with Crippen LogP contribution in [0.25, 0.3) is 11.1 Å². The molecule has 1 heterocycles. The van der Waals surface area contributed by atoms with Crippen molar-refractivity contribution in [2.45, 2.75) is 23.8 Å². The van der Waals surface area contributed by atoms with Crippen molar-refractivity contribution < 1.29 is 9.15 Å². The maximum Gasteiger partial charge on any atom is 0.257 e. The summed E-state index contributed by atoms with van der Waals surface area (Å²) >= 11 is 1.62. The third-order valence-electron chi connectivity index (χ3n) is 2.42. The first-order valence-electron chi connectivity index (χ1n) is 5.50. The van der Waals surface area contributed by atoms with E-state index >= 15 is 0 Å². The number of nitrogens with zero attached hydrogens (tertiary/aromatic N) is 1.